The molecule has 0 heterocycles. The van der Waals surface area contributed by atoms with E-state index >= 15 is 0 Å². The minimum absolute atomic E-state index is 0.241. The normalized spacial score (nSPS) is 11.8. The van der Waals surface area contributed by atoms with Gasteiger partial charge in [-0.05, 0) is 23.0 Å². The maximum absolute atomic E-state index is 6.11. The van der Waals surface area contributed by atoms with Crippen molar-refractivity contribution >= 4 is 11.6 Å². The third-order valence-corrected chi connectivity index (χ3v) is 5.58. The van der Waals surface area contributed by atoms with Crippen LogP contribution in [0.25, 0.3) is 0 Å². The summed E-state index contributed by atoms with van der Waals surface area (Å²) in [6, 6.07) is 8.67. The third kappa shape index (κ3) is 8.56. The summed E-state index contributed by atoms with van der Waals surface area (Å²) >= 11 is 6.11. The van der Waals surface area contributed by atoms with E-state index < -0.39 is 0 Å². The molecule has 1 rings (SSSR count). The maximum Gasteiger partial charge on any atom is 0.0477 e. The van der Waals surface area contributed by atoms with Crippen LogP contribution in [0, 0.1) is 0 Å². The highest BCUT2D eigenvalue weighted by atomic mass is 35.5. The van der Waals surface area contributed by atoms with Gasteiger partial charge >= 0.3 is 0 Å². The van der Waals surface area contributed by atoms with Gasteiger partial charge in [0.05, 0.1) is 0 Å². The van der Waals surface area contributed by atoms with Gasteiger partial charge in [-0.3, -0.25) is 0 Å². The Bertz CT molecular complexity index is 422. The summed E-state index contributed by atoms with van der Waals surface area (Å²) in [5, 5.41) is 0. The molecule has 0 N–H and O–H groups in total. The van der Waals surface area contributed by atoms with Crippen LogP contribution < -0.4 is 0 Å². The van der Waals surface area contributed by atoms with Crippen LogP contribution in [0.5, 0.6) is 0 Å². The first-order valence-corrected chi connectivity index (χ1v) is 10.8. The fourth-order valence-electron chi connectivity index (χ4n) is 3.66. The van der Waals surface area contributed by atoms with Crippen LogP contribution in [-0.2, 0) is 11.3 Å². The van der Waals surface area contributed by atoms with Gasteiger partial charge in [-0.25, -0.2) is 0 Å². The second-order valence-electron chi connectivity index (χ2n) is 7.96. The molecule has 0 aliphatic carbocycles. The highest BCUT2D eigenvalue weighted by molar-refractivity contribution is 6.17. The zero-order valence-electron chi connectivity index (χ0n) is 16.4. The first-order valence-electron chi connectivity index (χ1n) is 10.3. The Balaban J connectivity index is 2.12. The van der Waals surface area contributed by atoms with Gasteiger partial charge in [-0.1, -0.05) is 116 Å². The molecule has 0 aromatic heterocycles. The Morgan fingerprint density at radius 3 is 1.79 bits per heavy atom. The average molecular weight is 351 g/mol. The van der Waals surface area contributed by atoms with Crippen molar-refractivity contribution in [1.82, 2.24) is 0 Å². The van der Waals surface area contributed by atoms with Crippen LogP contribution in [0.1, 0.15) is 109 Å². The van der Waals surface area contributed by atoms with Crippen molar-refractivity contribution in [2.45, 2.75) is 109 Å². The Morgan fingerprint density at radius 1 is 0.750 bits per heavy atom. The Morgan fingerprint density at radius 2 is 1.25 bits per heavy atom. The number of hydrogen-bond acceptors (Lipinski definition) is 0. The summed E-state index contributed by atoms with van der Waals surface area (Å²) in [5.74, 6) is 0.623. The van der Waals surface area contributed by atoms with E-state index in [2.05, 4.69) is 45.0 Å². The largest absolute Gasteiger partial charge is 0.122 e. The van der Waals surface area contributed by atoms with Crippen molar-refractivity contribution in [2.75, 3.05) is 0 Å². The number of unbranched alkanes of at least 4 members (excludes halogenated alkanes) is 10. The van der Waals surface area contributed by atoms with Crippen molar-refractivity contribution in [3.63, 3.8) is 0 Å². The zero-order chi connectivity index (χ0) is 17.7. The van der Waals surface area contributed by atoms with Crippen molar-refractivity contribution < 1.29 is 0 Å². The highest BCUT2D eigenvalue weighted by Gasteiger charge is 2.22. The molecule has 0 atom stereocenters. The third-order valence-electron chi connectivity index (χ3n) is 5.30. The maximum atomic E-state index is 6.11. The lowest BCUT2D eigenvalue weighted by Crippen LogP contribution is -2.19. The van der Waals surface area contributed by atoms with Gasteiger partial charge in [-0.15, -0.1) is 11.6 Å². The van der Waals surface area contributed by atoms with E-state index in [0.29, 0.717) is 5.88 Å². The molecule has 1 aromatic carbocycles. The minimum atomic E-state index is 0.241. The summed E-state index contributed by atoms with van der Waals surface area (Å²) in [6.45, 7) is 7.03. The van der Waals surface area contributed by atoms with E-state index in [0.717, 1.165) is 0 Å². The van der Waals surface area contributed by atoms with Gasteiger partial charge in [0, 0.05) is 5.88 Å². The highest BCUT2D eigenvalue weighted by Crippen LogP contribution is 2.32. The second-order valence-corrected chi connectivity index (χ2v) is 8.23. The average Bonchev–Trinajstić information content (AvgIpc) is 2.59. The Hall–Kier alpha value is -0.490. The van der Waals surface area contributed by atoms with Gasteiger partial charge in [0.25, 0.3) is 0 Å². The number of benzene rings is 1. The molecule has 0 bridgehead atoms. The smallest absolute Gasteiger partial charge is 0.0477 e. The first-order chi connectivity index (χ1) is 11.6. The standard InChI is InChI=1S/C23H39Cl/c1-4-5-6-7-8-9-10-11-12-13-16-19-23(2,3)22-18-15-14-17-21(22)20-24/h14-15,17-18H,4-13,16,19-20H2,1-3H3. The molecule has 1 aromatic rings. The van der Waals surface area contributed by atoms with Crippen LogP contribution in [0.4, 0.5) is 0 Å². The predicted molar refractivity (Wildman–Crippen MR) is 110 cm³/mol. The van der Waals surface area contributed by atoms with Gasteiger partial charge in [-0.2, -0.15) is 0 Å². The molecule has 24 heavy (non-hydrogen) atoms. The molecular weight excluding hydrogens is 312 g/mol. The molecule has 0 fully saturated rings. The van der Waals surface area contributed by atoms with Crippen molar-refractivity contribution in [1.29, 1.82) is 0 Å². The lowest BCUT2D eigenvalue weighted by Gasteiger charge is -2.27. The van der Waals surface area contributed by atoms with Crippen LogP contribution in [0.3, 0.4) is 0 Å². The molecule has 0 amide bonds. The van der Waals surface area contributed by atoms with Gasteiger partial charge in [0.2, 0.25) is 0 Å². The molecular formula is C23H39Cl. The molecule has 0 saturated heterocycles. The second kappa shape index (κ2) is 12.8. The molecule has 0 nitrogen and oxygen atoms in total. The Kier molecular flexibility index (Phi) is 11.5. The van der Waals surface area contributed by atoms with Crippen LogP contribution >= 0.6 is 11.6 Å². The number of alkyl halides is 1. The number of halogens is 1. The summed E-state index contributed by atoms with van der Waals surface area (Å²) in [6.07, 6.45) is 16.8. The quantitative estimate of drug-likeness (QED) is 0.233. The predicted octanol–water partition coefficient (Wildman–Crippen LogP) is 8.40. The lowest BCUT2D eigenvalue weighted by atomic mass is 9.78. The van der Waals surface area contributed by atoms with E-state index in [1.165, 1.54) is 88.2 Å². The van der Waals surface area contributed by atoms with E-state index in [1.807, 2.05) is 0 Å². The summed E-state index contributed by atoms with van der Waals surface area (Å²) < 4.78 is 0. The summed E-state index contributed by atoms with van der Waals surface area (Å²) in [4.78, 5) is 0. The van der Waals surface area contributed by atoms with E-state index in [1.54, 1.807) is 0 Å². The molecule has 0 saturated carbocycles. The molecule has 0 aliphatic rings. The minimum Gasteiger partial charge on any atom is -0.122 e. The monoisotopic (exact) mass is 350 g/mol. The fraction of sp³-hybridized carbons (Fsp3) is 0.739. The summed E-state index contributed by atoms with van der Waals surface area (Å²) in [5.41, 5.74) is 2.98. The molecule has 0 radical (unpaired) electrons. The van der Waals surface area contributed by atoms with Crippen LogP contribution in [-0.4, -0.2) is 0 Å². The zero-order valence-corrected chi connectivity index (χ0v) is 17.1. The van der Waals surface area contributed by atoms with E-state index in [4.69, 9.17) is 11.6 Å². The van der Waals surface area contributed by atoms with Gasteiger partial charge in [0.15, 0.2) is 0 Å². The van der Waals surface area contributed by atoms with Crippen molar-refractivity contribution in [2.24, 2.45) is 0 Å². The van der Waals surface area contributed by atoms with Gasteiger partial charge in [0.1, 0.15) is 0 Å². The SMILES string of the molecule is CCCCCCCCCCCCCC(C)(C)c1ccccc1CCl. The first kappa shape index (κ1) is 21.6. The fourth-order valence-corrected chi connectivity index (χ4v) is 3.90. The Labute approximate surface area is 156 Å². The number of hydrogen-bond donors (Lipinski definition) is 0. The molecule has 0 spiro atoms. The summed E-state index contributed by atoms with van der Waals surface area (Å²) in [7, 11) is 0. The lowest BCUT2D eigenvalue weighted by molar-refractivity contribution is 0.439. The topological polar surface area (TPSA) is 0 Å². The number of rotatable bonds is 14. The van der Waals surface area contributed by atoms with Gasteiger partial charge < -0.3 is 0 Å². The van der Waals surface area contributed by atoms with Crippen LogP contribution in [0.2, 0.25) is 0 Å². The molecule has 0 unspecified atom stereocenters. The molecule has 1 heteroatoms. The van der Waals surface area contributed by atoms with Crippen LogP contribution in [0.15, 0.2) is 24.3 Å². The van der Waals surface area contributed by atoms with E-state index in [9.17, 15) is 0 Å². The molecule has 0 aliphatic heterocycles. The van der Waals surface area contributed by atoms with E-state index in [-0.39, 0.29) is 5.41 Å². The van der Waals surface area contributed by atoms with Crippen molar-refractivity contribution in [3.05, 3.63) is 35.4 Å². The van der Waals surface area contributed by atoms with Crippen molar-refractivity contribution in [3.8, 4) is 0 Å². The molecule has 138 valence electrons.